The van der Waals surface area contributed by atoms with Crippen molar-refractivity contribution in [2.24, 2.45) is 5.73 Å². The molecule has 1 aliphatic rings. The molecule has 1 unspecified atom stereocenters. The SMILES string of the molecule is CCC(C)c1ccc(C2(N)CCCC2)cc1Cl. The van der Waals surface area contributed by atoms with Gasteiger partial charge in [0.2, 0.25) is 0 Å². The van der Waals surface area contributed by atoms with E-state index in [9.17, 15) is 0 Å². The molecule has 1 atom stereocenters. The van der Waals surface area contributed by atoms with Crippen molar-refractivity contribution in [2.45, 2.75) is 57.4 Å². The number of halogens is 1. The Kier molecular flexibility index (Phi) is 3.79. The lowest BCUT2D eigenvalue weighted by atomic mass is 9.87. The first-order chi connectivity index (χ1) is 8.07. The Labute approximate surface area is 109 Å². The van der Waals surface area contributed by atoms with Gasteiger partial charge >= 0.3 is 0 Å². The van der Waals surface area contributed by atoms with Gasteiger partial charge in [-0.3, -0.25) is 0 Å². The van der Waals surface area contributed by atoms with E-state index in [0.717, 1.165) is 24.3 Å². The Morgan fingerprint density at radius 2 is 2.00 bits per heavy atom. The number of benzene rings is 1. The second-order valence-electron chi connectivity index (χ2n) is 5.41. The second kappa shape index (κ2) is 4.99. The van der Waals surface area contributed by atoms with Gasteiger partial charge in [-0.05, 0) is 42.4 Å². The summed E-state index contributed by atoms with van der Waals surface area (Å²) in [5, 5.41) is 0.883. The smallest absolute Gasteiger partial charge is 0.0444 e. The van der Waals surface area contributed by atoms with Crippen molar-refractivity contribution >= 4 is 11.6 Å². The molecule has 1 aromatic rings. The molecule has 0 bridgehead atoms. The second-order valence-corrected chi connectivity index (χ2v) is 5.82. The van der Waals surface area contributed by atoms with Crippen molar-refractivity contribution in [1.82, 2.24) is 0 Å². The lowest BCUT2D eigenvalue weighted by molar-refractivity contribution is 0.461. The van der Waals surface area contributed by atoms with Gasteiger partial charge in [-0.1, -0.05) is 50.4 Å². The summed E-state index contributed by atoms with van der Waals surface area (Å²) in [6, 6.07) is 6.44. The van der Waals surface area contributed by atoms with Crippen molar-refractivity contribution in [3.63, 3.8) is 0 Å². The van der Waals surface area contributed by atoms with Crippen LogP contribution in [0.15, 0.2) is 18.2 Å². The van der Waals surface area contributed by atoms with Crippen LogP contribution in [0, 0.1) is 0 Å². The molecular weight excluding hydrogens is 230 g/mol. The summed E-state index contributed by atoms with van der Waals surface area (Å²) >= 11 is 6.39. The minimum atomic E-state index is -0.127. The van der Waals surface area contributed by atoms with Crippen LogP contribution in [0.5, 0.6) is 0 Å². The Morgan fingerprint density at radius 1 is 1.35 bits per heavy atom. The molecule has 1 fully saturated rings. The maximum atomic E-state index is 6.45. The zero-order valence-electron chi connectivity index (χ0n) is 10.8. The monoisotopic (exact) mass is 251 g/mol. The maximum absolute atomic E-state index is 6.45. The van der Waals surface area contributed by atoms with Crippen LogP contribution < -0.4 is 5.73 Å². The van der Waals surface area contributed by atoms with Crippen LogP contribution in [0.25, 0.3) is 0 Å². The largest absolute Gasteiger partial charge is 0.321 e. The van der Waals surface area contributed by atoms with E-state index in [2.05, 4.69) is 32.0 Å². The van der Waals surface area contributed by atoms with Gasteiger partial charge in [0.15, 0.2) is 0 Å². The number of hydrogen-bond acceptors (Lipinski definition) is 1. The van der Waals surface area contributed by atoms with Crippen LogP contribution in [0.1, 0.15) is 63.0 Å². The average molecular weight is 252 g/mol. The quantitative estimate of drug-likeness (QED) is 0.836. The molecule has 0 amide bonds. The number of nitrogens with two attached hydrogens (primary N) is 1. The van der Waals surface area contributed by atoms with E-state index in [4.69, 9.17) is 17.3 Å². The summed E-state index contributed by atoms with van der Waals surface area (Å²) in [6.45, 7) is 4.41. The highest BCUT2D eigenvalue weighted by Gasteiger charge is 2.31. The summed E-state index contributed by atoms with van der Waals surface area (Å²) in [6.07, 6.45) is 5.77. The van der Waals surface area contributed by atoms with Crippen molar-refractivity contribution in [2.75, 3.05) is 0 Å². The summed E-state index contributed by atoms with van der Waals surface area (Å²) in [7, 11) is 0. The fourth-order valence-electron chi connectivity index (χ4n) is 2.75. The van der Waals surface area contributed by atoms with Crippen molar-refractivity contribution in [3.05, 3.63) is 34.3 Å². The molecule has 0 radical (unpaired) electrons. The van der Waals surface area contributed by atoms with E-state index in [0.29, 0.717) is 5.92 Å². The Bertz CT molecular complexity index is 394. The average Bonchev–Trinajstić information content (AvgIpc) is 2.76. The topological polar surface area (TPSA) is 26.0 Å². The van der Waals surface area contributed by atoms with E-state index in [1.165, 1.54) is 24.0 Å². The Hall–Kier alpha value is -0.530. The molecule has 2 heteroatoms. The summed E-state index contributed by atoms with van der Waals surface area (Å²) in [5.74, 6) is 0.522. The number of hydrogen-bond donors (Lipinski definition) is 1. The molecule has 2 N–H and O–H groups in total. The lowest BCUT2D eigenvalue weighted by Gasteiger charge is -2.25. The van der Waals surface area contributed by atoms with Crippen LogP contribution in [0.4, 0.5) is 0 Å². The van der Waals surface area contributed by atoms with Gasteiger partial charge in [-0.15, -0.1) is 0 Å². The van der Waals surface area contributed by atoms with Gasteiger partial charge in [0.25, 0.3) is 0 Å². The molecule has 1 aromatic carbocycles. The van der Waals surface area contributed by atoms with E-state index >= 15 is 0 Å². The van der Waals surface area contributed by atoms with Gasteiger partial charge < -0.3 is 5.73 Å². The van der Waals surface area contributed by atoms with Crippen LogP contribution in [0.3, 0.4) is 0 Å². The highest BCUT2D eigenvalue weighted by atomic mass is 35.5. The molecular formula is C15H22ClN. The third-order valence-electron chi connectivity index (χ3n) is 4.21. The summed E-state index contributed by atoms with van der Waals surface area (Å²) < 4.78 is 0. The standard InChI is InChI=1S/C15H22ClN/c1-3-11(2)13-7-6-12(10-14(13)16)15(17)8-4-5-9-15/h6-7,10-11H,3-5,8-9,17H2,1-2H3. The predicted molar refractivity (Wildman–Crippen MR) is 74.5 cm³/mol. The van der Waals surface area contributed by atoms with E-state index in [1.54, 1.807) is 0 Å². The minimum Gasteiger partial charge on any atom is -0.321 e. The molecule has 2 rings (SSSR count). The van der Waals surface area contributed by atoms with E-state index < -0.39 is 0 Å². The van der Waals surface area contributed by atoms with E-state index in [-0.39, 0.29) is 5.54 Å². The fourth-order valence-corrected chi connectivity index (χ4v) is 3.12. The first-order valence-electron chi connectivity index (χ1n) is 6.65. The molecule has 0 spiro atoms. The molecule has 0 aliphatic heterocycles. The van der Waals surface area contributed by atoms with E-state index in [1.807, 2.05) is 0 Å². The molecule has 1 saturated carbocycles. The van der Waals surface area contributed by atoms with Crippen molar-refractivity contribution in [3.8, 4) is 0 Å². The molecule has 94 valence electrons. The zero-order chi connectivity index (χ0) is 12.5. The summed E-state index contributed by atoms with van der Waals surface area (Å²) in [4.78, 5) is 0. The highest BCUT2D eigenvalue weighted by molar-refractivity contribution is 6.31. The zero-order valence-corrected chi connectivity index (χ0v) is 11.6. The Morgan fingerprint density at radius 3 is 2.53 bits per heavy atom. The third-order valence-corrected chi connectivity index (χ3v) is 4.54. The van der Waals surface area contributed by atoms with Crippen molar-refractivity contribution in [1.29, 1.82) is 0 Å². The third kappa shape index (κ3) is 2.51. The van der Waals surface area contributed by atoms with Gasteiger partial charge in [0.05, 0.1) is 0 Å². The maximum Gasteiger partial charge on any atom is 0.0444 e. The van der Waals surface area contributed by atoms with Crippen LogP contribution in [0.2, 0.25) is 5.02 Å². The van der Waals surface area contributed by atoms with Crippen LogP contribution in [-0.2, 0) is 5.54 Å². The first kappa shape index (κ1) is 12.9. The van der Waals surface area contributed by atoms with Crippen LogP contribution >= 0.6 is 11.6 Å². The molecule has 1 nitrogen and oxygen atoms in total. The van der Waals surface area contributed by atoms with Crippen LogP contribution in [-0.4, -0.2) is 0 Å². The highest BCUT2D eigenvalue weighted by Crippen LogP contribution is 2.38. The lowest BCUT2D eigenvalue weighted by Crippen LogP contribution is -2.33. The molecule has 0 aromatic heterocycles. The van der Waals surface area contributed by atoms with Gasteiger partial charge in [0, 0.05) is 10.6 Å². The number of rotatable bonds is 3. The summed E-state index contributed by atoms with van der Waals surface area (Å²) in [5.41, 5.74) is 8.79. The molecule has 1 aliphatic carbocycles. The normalized spacial score (nSPS) is 20.5. The molecule has 0 heterocycles. The fraction of sp³-hybridized carbons (Fsp3) is 0.600. The molecule has 17 heavy (non-hydrogen) atoms. The van der Waals surface area contributed by atoms with Gasteiger partial charge in [0.1, 0.15) is 0 Å². The molecule has 0 saturated heterocycles. The van der Waals surface area contributed by atoms with Gasteiger partial charge in [-0.2, -0.15) is 0 Å². The van der Waals surface area contributed by atoms with Crippen molar-refractivity contribution < 1.29 is 0 Å². The Balaban J connectivity index is 2.30. The minimum absolute atomic E-state index is 0.127. The predicted octanol–water partition coefficient (Wildman–Crippen LogP) is 4.58. The first-order valence-corrected chi connectivity index (χ1v) is 7.03. The van der Waals surface area contributed by atoms with Gasteiger partial charge in [-0.25, -0.2) is 0 Å².